The van der Waals surface area contributed by atoms with Gasteiger partial charge in [0.25, 0.3) is 0 Å². The minimum Gasteiger partial charge on any atom is -0.491 e. The van der Waals surface area contributed by atoms with Crippen molar-refractivity contribution in [3.05, 3.63) is 64.7 Å². The van der Waals surface area contributed by atoms with E-state index >= 15 is 0 Å². The topological polar surface area (TPSA) is 9.23 Å². The highest BCUT2D eigenvalue weighted by molar-refractivity contribution is 6.22. The number of alkyl halides is 1. The molecule has 106 valence electrons. The standard InChI is InChI=1S/C18H21ClO/c1-12(2)20-17-7-5-15(6-8-17)18(19)16-10-13(3)9-14(4)11-16/h5-12,18H,1-4H3. The molecule has 0 aromatic heterocycles. The van der Waals surface area contributed by atoms with E-state index in [4.69, 9.17) is 16.3 Å². The SMILES string of the molecule is Cc1cc(C)cc(C(Cl)c2ccc(OC(C)C)cc2)c1. The van der Waals surface area contributed by atoms with Crippen LogP contribution in [0.15, 0.2) is 42.5 Å². The van der Waals surface area contributed by atoms with Gasteiger partial charge in [0.15, 0.2) is 0 Å². The maximum atomic E-state index is 6.59. The molecule has 2 rings (SSSR count). The van der Waals surface area contributed by atoms with Crippen LogP contribution in [0.25, 0.3) is 0 Å². The number of hydrogen-bond acceptors (Lipinski definition) is 1. The number of halogens is 1. The molecule has 0 spiro atoms. The third kappa shape index (κ3) is 3.77. The van der Waals surface area contributed by atoms with Crippen LogP contribution < -0.4 is 4.74 Å². The van der Waals surface area contributed by atoms with Gasteiger partial charge in [-0.05, 0) is 51.0 Å². The molecular weight excluding hydrogens is 268 g/mol. The summed E-state index contributed by atoms with van der Waals surface area (Å²) in [5.74, 6) is 0.882. The lowest BCUT2D eigenvalue weighted by Gasteiger charge is -2.14. The van der Waals surface area contributed by atoms with Crippen LogP contribution in [-0.2, 0) is 0 Å². The highest BCUT2D eigenvalue weighted by Gasteiger charge is 2.12. The van der Waals surface area contributed by atoms with Gasteiger partial charge in [0.2, 0.25) is 0 Å². The van der Waals surface area contributed by atoms with Crippen LogP contribution in [0.1, 0.15) is 41.5 Å². The maximum absolute atomic E-state index is 6.59. The van der Waals surface area contributed by atoms with Gasteiger partial charge >= 0.3 is 0 Å². The van der Waals surface area contributed by atoms with Gasteiger partial charge in [0, 0.05) is 0 Å². The fraction of sp³-hybridized carbons (Fsp3) is 0.333. The Kier molecular flexibility index (Phi) is 4.72. The lowest BCUT2D eigenvalue weighted by molar-refractivity contribution is 0.242. The second kappa shape index (κ2) is 6.32. The van der Waals surface area contributed by atoms with Crippen LogP contribution >= 0.6 is 11.6 Å². The molecule has 2 heteroatoms. The maximum Gasteiger partial charge on any atom is 0.119 e. The average molecular weight is 289 g/mol. The largest absolute Gasteiger partial charge is 0.491 e. The summed E-state index contributed by atoms with van der Waals surface area (Å²) in [5, 5.41) is -0.123. The second-order valence-electron chi connectivity index (χ2n) is 5.52. The zero-order chi connectivity index (χ0) is 14.7. The van der Waals surface area contributed by atoms with E-state index in [2.05, 4.69) is 32.0 Å². The highest BCUT2D eigenvalue weighted by atomic mass is 35.5. The highest BCUT2D eigenvalue weighted by Crippen LogP contribution is 2.31. The molecule has 0 aliphatic carbocycles. The number of aryl methyl sites for hydroxylation is 2. The van der Waals surface area contributed by atoms with Gasteiger partial charge in [-0.1, -0.05) is 41.5 Å². The van der Waals surface area contributed by atoms with E-state index in [1.54, 1.807) is 0 Å². The van der Waals surface area contributed by atoms with E-state index in [9.17, 15) is 0 Å². The lowest BCUT2D eigenvalue weighted by atomic mass is 10.0. The Bertz CT molecular complexity index is 552. The van der Waals surface area contributed by atoms with E-state index < -0.39 is 0 Å². The molecule has 0 saturated carbocycles. The first-order valence-electron chi connectivity index (χ1n) is 6.94. The molecule has 2 aromatic rings. The fourth-order valence-electron chi connectivity index (χ4n) is 2.34. The molecule has 0 N–H and O–H groups in total. The molecule has 0 aliphatic heterocycles. The van der Waals surface area contributed by atoms with Crippen molar-refractivity contribution >= 4 is 11.6 Å². The third-order valence-electron chi connectivity index (χ3n) is 3.08. The molecule has 0 bridgehead atoms. The summed E-state index contributed by atoms with van der Waals surface area (Å²) in [7, 11) is 0. The number of ether oxygens (including phenoxy) is 1. The van der Waals surface area contributed by atoms with Gasteiger partial charge in [0.1, 0.15) is 5.75 Å². The summed E-state index contributed by atoms with van der Waals surface area (Å²) >= 11 is 6.59. The number of rotatable bonds is 4. The zero-order valence-electron chi connectivity index (χ0n) is 12.5. The van der Waals surface area contributed by atoms with Crippen LogP contribution in [0.3, 0.4) is 0 Å². The van der Waals surface area contributed by atoms with E-state index in [0.29, 0.717) is 0 Å². The molecule has 0 fully saturated rings. The summed E-state index contributed by atoms with van der Waals surface area (Å²) in [6, 6.07) is 14.5. The summed E-state index contributed by atoms with van der Waals surface area (Å²) in [5.41, 5.74) is 4.71. The van der Waals surface area contributed by atoms with E-state index in [1.807, 2.05) is 38.1 Å². The Morgan fingerprint density at radius 2 is 1.40 bits per heavy atom. The Morgan fingerprint density at radius 3 is 1.90 bits per heavy atom. The van der Waals surface area contributed by atoms with Gasteiger partial charge in [-0.25, -0.2) is 0 Å². The van der Waals surface area contributed by atoms with Crippen molar-refractivity contribution < 1.29 is 4.74 Å². The van der Waals surface area contributed by atoms with Crippen molar-refractivity contribution in [1.82, 2.24) is 0 Å². The molecule has 0 saturated heterocycles. The molecule has 2 aromatic carbocycles. The van der Waals surface area contributed by atoms with Crippen molar-refractivity contribution in [2.75, 3.05) is 0 Å². The summed E-state index contributed by atoms with van der Waals surface area (Å²) in [4.78, 5) is 0. The van der Waals surface area contributed by atoms with Crippen LogP contribution in [0.2, 0.25) is 0 Å². The molecule has 0 heterocycles. The molecule has 1 nitrogen and oxygen atoms in total. The third-order valence-corrected chi connectivity index (χ3v) is 3.59. The Hall–Kier alpha value is -1.47. The van der Waals surface area contributed by atoms with Gasteiger partial charge in [0.05, 0.1) is 11.5 Å². The van der Waals surface area contributed by atoms with E-state index in [0.717, 1.165) is 16.9 Å². The smallest absolute Gasteiger partial charge is 0.119 e. The first kappa shape index (κ1) is 14.9. The van der Waals surface area contributed by atoms with Crippen molar-refractivity contribution in [3.8, 4) is 5.75 Å². The summed E-state index contributed by atoms with van der Waals surface area (Å²) in [6.07, 6.45) is 0.187. The Balaban J connectivity index is 2.22. The van der Waals surface area contributed by atoms with E-state index in [-0.39, 0.29) is 11.5 Å². The van der Waals surface area contributed by atoms with Crippen molar-refractivity contribution in [1.29, 1.82) is 0 Å². The van der Waals surface area contributed by atoms with Gasteiger partial charge in [-0.15, -0.1) is 11.6 Å². The number of benzene rings is 2. The van der Waals surface area contributed by atoms with Crippen molar-refractivity contribution in [2.24, 2.45) is 0 Å². The molecule has 0 amide bonds. The summed E-state index contributed by atoms with van der Waals surface area (Å²) < 4.78 is 5.65. The van der Waals surface area contributed by atoms with Crippen LogP contribution in [0, 0.1) is 13.8 Å². The van der Waals surface area contributed by atoms with Gasteiger partial charge in [-0.2, -0.15) is 0 Å². The van der Waals surface area contributed by atoms with Crippen LogP contribution in [0.5, 0.6) is 5.75 Å². The zero-order valence-corrected chi connectivity index (χ0v) is 13.2. The second-order valence-corrected chi connectivity index (χ2v) is 5.96. The normalized spacial score (nSPS) is 12.5. The average Bonchev–Trinajstić information content (AvgIpc) is 2.37. The van der Waals surface area contributed by atoms with Crippen molar-refractivity contribution in [3.63, 3.8) is 0 Å². The van der Waals surface area contributed by atoms with E-state index in [1.165, 1.54) is 11.1 Å². The quantitative estimate of drug-likeness (QED) is 0.683. The van der Waals surface area contributed by atoms with Crippen LogP contribution in [-0.4, -0.2) is 6.10 Å². The molecular formula is C18H21ClO. The molecule has 1 unspecified atom stereocenters. The van der Waals surface area contributed by atoms with Crippen LogP contribution in [0.4, 0.5) is 0 Å². The predicted octanol–water partition coefficient (Wildman–Crippen LogP) is 5.42. The fourth-order valence-corrected chi connectivity index (χ4v) is 2.61. The van der Waals surface area contributed by atoms with Gasteiger partial charge in [-0.3, -0.25) is 0 Å². The molecule has 0 radical (unpaired) electrons. The van der Waals surface area contributed by atoms with Gasteiger partial charge < -0.3 is 4.74 Å². The predicted molar refractivity (Wildman–Crippen MR) is 85.8 cm³/mol. The monoisotopic (exact) mass is 288 g/mol. The lowest BCUT2D eigenvalue weighted by Crippen LogP contribution is -2.05. The first-order valence-corrected chi connectivity index (χ1v) is 7.38. The summed E-state index contributed by atoms with van der Waals surface area (Å²) in [6.45, 7) is 8.24. The minimum atomic E-state index is -0.123. The Morgan fingerprint density at radius 1 is 0.850 bits per heavy atom. The first-order chi connectivity index (χ1) is 9.45. The number of hydrogen-bond donors (Lipinski definition) is 0. The molecule has 0 aliphatic rings. The Labute approximate surface area is 126 Å². The van der Waals surface area contributed by atoms with Crippen molar-refractivity contribution in [2.45, 2.75) is 39.2 Å². The molecule has 20 heavy (non-hydrogen) atoms. The molecule has 1 atom stereocenters. The minimum absolute atomic E-state index is 0.123.